The third kappa shape index (κ3) is 1.79. The molecular weight excluding hydrogens is 250 g/mol. The van der Waals surface area contributed by atoms with Crippen molar-refractivity contribution in [1.82, 2.24) is 9.97 Å². The van der Waals surface area contributed by atoms with Crippen molar-refractivity contribution in [2.45, 2.75) is 45.1 Å². The van der Waals surface area contributed by atoms with Crippen LogP contribution in [0.4, 0.5) is 11.6 Å². The lowest BCUT2D eigenvalue weighted by molar-refractivity contribution is 0.456. The zero-order valence-electron chi connectivity index (χ0n) is 12.1. The molecule has 1 aromatic heterocycles. The second kappa shape index (κ2) is 4.32. The van der Waals surface area contributed by atoms with Crippen molar-refractivity contribution < 1.29 is 0 Å². The van der Waals surface area contributed by atoms with Gasteiger partial charge in [-0.15, -0.1) is 0 Å². The van der Waals surface area contributed by atoms with Crippen LogP contribution in [-0.2, 0) is 0 Å². The normalized spacial score (nSPS) is 37.1. The molecule has 0 saturated heterocycles. The van der Waals surface area contributed by atoms with Crippen molar-refractivity contribution in [1.29, 1.82) is 0 Å². The molecule has 4 rings (SSSR count). The summed E-state index contributed by atoms with van der Waals surface area (Å²) in [5, 5.41) is 3.64. The maximum Gasteiger partial charge on any atom is 0.145 e. The van der Waals surface area contributed by atoms with Crippen molar-refractivity contribution in [3.8, 4) is 0 Å². The van der Waals surface area contributed by atoms with Crippen LogP contribution in [0.1, 0.15) is 44.9 Å². The van der Waals surface area contributed by atoms with Gasteiger partial charge in [-0.3, -0.25) is 0 Å². The van der Waals surface area contributed by atoms with Crippen molar-refractivity contribution in [2.24, 2.45) is 29.5 Å². The van der Waals surface area contributed by atoms with Crippen LogP contribution >= 0.6 is 0 Å². The lowest BCUT2D eigenvalue weighted by Crippen LogP contribution is -2.16. The molecule has 5 heteroatoms. The molecule has 1 aromatic rings. The lowest BCUT2D eigenvalue weighted by atomic mass is 10.0. The van der Waals surface area contributed by atoms with Crippen LogP contribution in [0.25, 0.3) is 0 Å². The fourth-order valence-electron chi connectivity index (χ4n) is 4.56. The van der Waals surface area contributed by atoms with Gasteiger partial charge in [0.1, 0.15) is 17.5 Å². The molecule has 3 saturated carbocycles. The average Bonchev–Trinajstić information content (AvgIpc) is 2.85. The van der Waals surface area contributed by atoms with Crippen LogP contribution in [-0.4, -0.2) is 16.0 Å². The molecular formula is C15H23N5. The van der Waals surface area contributed by atoms with E-state index in [4.69, 9.17) is 5.84 Å². The van der Waals surface area contributed by atoms with E-state index < -0.39 is 0 Å². The van der Waals surface area contributed by atoms with Crippen LogP contribution in [0, 0.1) is 23.7 Å². The minimum atomic E-state index is 0.304. The number of nitrogens with two attached hydrogens (primary N) is 1. The first-order valence-corrected chi connectivity index (χ1v) is 7.79. The number of fused-ring (bicyclic) bond motifs is 5. The van der Waals surface area contributed by atoms with Crippen molar-refractivity contribution in [3.63, 3.8) is 0 Å². The van der Waals surface area contributed by atoms with Crippen molar-refractivity contribution >= 4 is 11.6 Å². The van der Waals surface area contributed by atoms with Gasteiger partial charge in [0.15, 0.2) is 0 Å². The summed E-state index contributed by atoms with van der Waals surface area (Å²) in [5.74, 6) is 12.0. The minimum absolute atomic E-state index is 0.304. The Morgan fingerprint density at radius 2 is 1.80 bits per heavy atom. The third-order valence-corrected chi connectivity index (χ3v) is 5.46. The summed E-state index contributed by atoms with van der Waals surface area (Å²) in [7, 11) is 0. The standard InChI is InChI=1S/C15H23N5/c1-7(2)15-18-10(6-11(19-15)20-16)17-14-12-8-3-4-9(5-8)13(12)14/h6-9,12-14H,3-5,16H2,1-2H3,(H2,17,18,19,20). The Hall–Kier alpha value is -1.36. The SMILES string of the molecule is CC(C)c1nc(NN)cc(NC2C3C4CCC(C4)C23)n1. The molecule has 0 radical (unpaired) electrons. The van der Waals surface area contributed by atoms with Crippen LogP contribution in [0.3, 0.4) is 0 Å². The van der Waals surface area contributed by atoms with Crippen LogP contribution in [0.15, 0.2) is 6.07 Å². The summed E-state index contributed by atoms with van der Waals surface area (Å²) in [6.07, 6.45) is 4.37. The highest BCUT2D eigenvalue weighted by Gasteiger charge is 2.65. The van der Waals surface area contributed by atoms with E-state index in [-0.39, 0.29) is 0 Å². The number of hydrazine groups is 1. The summed E-state index contributed by atoms with van der Waals surface area (Å²) in [6, 6.07) is 2.56. The number of rotatable bonds is 4. The Labute approximate surface area is 119 Å². The van der Waals surface area contributed by atoms with Gasteiger partial charge in [-0.25, -0.2) is 15.8 Å². The van der Waals surface area contributed by atoms with Crippen LogP contribution in [0.2, 0.25) is 0 Å². The highest BCUT2D eigenvalue weighted by atomic mass is 15.3. The predicted octanol–water partition coefficient (Wildman–Crippen LogP) is 2.34. The molecule has 0 amide bonds. The van der Waals surface area contributed by atoms with Gasteiger partial charge in [0, 0.05) is 18.0 Å². The fourth-order valence-corrected chi connectivity index (χ4v) is 4.56. The molecule has 3 fully saturated rings. The third-order valence-electron chi connectivity index (χ3n) is 5.46. The van der Waals surface area contributed by atoms with Gasteiger partial charge in [-0.05, 0) is 42.9 Å². The summed E-state index contributed by atoms with van der Waals surface area (Å²) in [6.45, 7) is 4.21. The maximum absolute atomic E-state index is 5.51. The quantitative estimate of drug-likeness (QED) is 0.580. The zero-order chi connectivity index (χ0) is 13.9. The van der Waals surface area contributed by atoms with Gasteiger partial charge in [0.2, 0.25) is 0 Å². The molecule has 3 aliphatic carbocycles. The molecule has 3 aliphatic rings. The first-order valence-electron chi connectivity index (χ1n) is 7.79. The molecule has 0 aliphatic heterocycles. The van der Waals surface area contributed by atoms with Gasteiger partial charge >= 0.3 is 0 Å². The van der Waals surface area contributed by atoms with E-state index in [1.165, 1.54) is 19.3 Å². The predicted molar refractivity (Wildman–Crippen MR) is 79.2 cm³/mol. The number of hydrogen-bond donors (Lipinski definition) is 3. The molecule has 108 valence electrons. The molecule has 4 N–H and O–H groups in total. The maximum atomic E-state index is 5.51. The summed E-state index contributed by atoms with van der Waals surface area (Å²) in [4.78, 5) is 9.05. The second-order valence-corrected chi connectivity index (χ2v) is 6.95. The molecule has 5 nitrogen and oxygen atoms in total. The van der Waals surface area contributed by atoms with Gasteiger partial charge in [0.25, 0.3) is 0 Å². The van der Waals surface area contributed by atoms with Gasteiger partial charge in [-0.2, -0.15) is 0 Å². The smallest absolute Gasteiger partial charge is 0.145 e. The monoisotopic (exact) mass is 273 g/mol. The molecule has 4 unspecified atom stereocenters. The van der Waals surface area contributed by atoms with E-state index in [0.29, 0.717) is 17.8 Å². The lowest BCUT2D eigenvalue weighted by Gasteiger charge is -2.14. The Morgan fingerprint density at radius 3 is 2.40 bits per heavy atom. The zero-order valence-corrected chi connectivity index (χ0v) is 12.1. The molecule has 0 aromatic carbocycles. The average molecular weight is 273 g/mol. The van der Waals surface area contributed by atoms with Gasteiger partial charge in [0.05, 0.1) is 0 Å². The van der Waals surface area contributed by atoms with E-state index in [0.717, 1.165) is 35.3 Å². The highest BCUT2D eigenvalue weighted by molar-refractivity contribution is 5.49. The van der Waals surface area contributed by atoms with E-state index in [1.54, 1.807) is 0 Å². The highest BCUT2D eigenvalue weighted by Crippen LogP contribution is 2.66. The van der Waals surface area contributed by atoms with Gasteiger partial charge in [-0.1, -0.05) is 13.8 Å². The van der Waals surface area contributed by atoms with Crippen LogP contribution in [0.5, 0.6) is 0 Å². The van der Waals surface area contributed by atoms with E-state index in [9.17, 15) is 0 Å². The molecule has 20 heavy (non-hydrogen) atoms. The summed E-state index contributed by atoms with van der Waals surface area (Å²) >= 11 is 0. The Kier molecular flexibility index (Phi) is 2.67. The largest absolute Gasteiger partial charge is 0.367 e. The van der Waals surface area contributed by atoms with Crippen molar-refractivity contribution in [2.75, 3.05) is 10.7 Å². The van der Waals surface area contributed by atoms with Gasteiger partial charge < -0.3 is 10.7 Å². The van der Waals surface area contributed by atoms with Crippen LogP contribution < -0.4 is 16.6 Å². The molecule has 0 spiro atoms. The number of anilines is 2. The summed E-state index contributed by atoms with van der Waals surface area (Å²) < 4.78 is 0. The Bertz CT molecular complexity index is 513. The Balaban J connectivity index is 1.53. The molecule has 4 atom stereocenters. The first kappa shape index (κ1) is 12.4. The number of nitrogen functional groups attached to an aromatic ring is 1. The molecule has 1 heterocycles. The second-order valence-electron chi connectivity index (χ2n) is 6.95. The Morgan fingerprint density at radius 1 is 1.15 bits per heavy atom. The minimum Gasteiger partial charge on any atom is -0.367 e. The first-order chi connectivity index (χ1) is 9.67. The number of aromatic nitrogens is 2. The molecule has 2 bridgehead atoms. The van der Waals surface area contributed by atoms with E-state index in [1.807, 2.05) is 6.07 Å². The number of nitrogens with one attached hydrogen (secondary N) is 2. The topological polar surface area (TPSA) is 75.9 Å². The summed E-state index contributed by atoms with van der Waals surface area (Å²) in [5.41, 5.74) is 2.65. The van der Waals surface area contributed by atoms with E-state index in [2.05, 4.69) is 34.6 Å². The fraction of sp³-hybridized carbons (Fsp3) is 0.733. The van der Waals surface area contributed by atoms with E-state index >= 15 is 0 Å². The number of hydrogen-bond acceptors (Lipinski definition) is 5. The van der Waals surface area contributed by atoms with Crippen molar-refractivity contribution in [3.05, 3.63) is 11.9 Å². The number of nitrogens with zero attached hydrogens (tertiary/aromatic N) is 2.